The van der Waals surface area contributed by atoms with E-state index in [1.54, 1.807) is 18.2 Å². The quantitative estimate of drug-likeness (QED) is 0.845. The van der Waals surface area contributed by atoms with Gasteiger partial charge in [0.2, 0.25) is 0 Å². The maximum atomic E-state index is 11.6. The standard InChI is InChI=1S/C10H11BrClNO/c1-7-6-8(12)2-3-9(7)10(14)13-5-4-11/h2-3,6H,4-5H2,1H3,(H,13,14). The van der Waals surface area contributed by atoms with E-state index in [1.165, 1.54) is 0 Å². The average Bonchev–Trinajstić information content (AvgIpc) is 2.14. The van der Waals surface area contributed by atoms with E-state index in [1.807, 2.05) is 6.92 Å². The van der Waals surface area contributed by atoms with Crippen molar-refractivity contribution in [3.63, 3.8) is 0 Å². The van der Waals surface area contributed by atoms with Crippen molar-refractivity contribution in [2.24, 2.45) is 0 Å². The molecule has 0 aromatic heterocycles. The molecule has 1 aromatic carbocycles. The van der Waals surface area contributed by atoms with E-state index in [4.69, 9.17) is 11.6 Å². The number of rotatable bonds is 3. The molecule has 0 atom stereocenters. The van der Waals surface area contributed by atoms with Gasteiger partial charge in [0.05, 0.1) is 0 Å². The van der Waals surface area contributed by atoms with Gasteiger partial charge in [0.25, 0.3) is 5.91 Å². The van der Waals surface area contributed by atoms with Gasteiger partial charge in [-0.3, -0.25) is 4.79 Å². The molecule has 1 rings (SSSR count). The van der Waals surface area contributed by atoms with Crippen LogP contribution >= 0.6 is 27.5 Å². The zero-order valence-corrected chi connectivity index (χ0v) is 10.2. The third-order valence-corrected chi connectivity index (χ3v) is 2.44. The molecule has 1 N–H and O–H groups in total. The van der Waals surface area contributed by atoms with Gasteiger partial charge in [0.15, 0.2) is 0 Å². The number of benzene rings is 1. The Balaban J connectivity index is 2.80. The molecule has 0 aliphatic rings. The summed E-state index contributed by atoms with van der Waals surface area (Å²) >= 11 is 9.03. The van der Waals surface area contributed by atoms with Gasteiger partial charge < -0.3 is 5.32 Å². The van der Waals surface area contributed by atoms with Gasteiger partial charge in [0, 0.05) is 22.5 Å². The number of amides is 1. The summed E-state index contributed by atoms with van der Waals surface area (Å²) in [7, 11) is 0. The van der Waals surface area contributed by atoms with Gasteiger partial charge in [-0.2, -0.15) is 0 Å². The van der Waals surface area contributed by atoms with E-state index in [0.29, 0.717) is 17.1 Å². The predicted octanol–water partition coefficient (Wildman–Crippen LogP) is 2.77. The molecule has 4 heteroatoms. The van der Waals surface area contributed by atoms with Crippen LogP contribution in [0.15, 0.2) is 18.2 Å². The van der Waals surface area contributed by atoms with Gasteiger partial charge in [-0.05, 0) is 30.7 Å². The van der Waals surface area contributed by atoms with E-state index in [2.05, 4.69) is 21.2 Å². The minimum absolute atomic E-state index is 0.0568. The first-order chi connectivity index (χ1) is 6.65. The lowest BCUT2D eigenvalue weighted by atomic mass is 10.1. The van der Waals surface area contributed by atoms with Crippen LogP contribution in [-0.2, 0) is 0 Å². The van der Waals surface area contributed by atoms with Crippen LogP contribution in [0.1, 0.15) is 15.9 Å². The summed E-state index contributed by atoms with van der Waals surface area (Å²) in [6, 6.07) is 5.24. The largest absolute Gasteiger partial charge is 0.351 e. The van der Waals surface area contributed by atoms with Crippen LogP contribution in [-0.4, -0.2) is 17.8 Å². The van der Waals surface area contributed by atoms with Gasteiger partial charge >= 0.3 is 0 Å². The number of halogens is 2. The molecule has 0 unspecified atom stereocenters. The van der Waals surface area contributed by atoms with Gasteiger partial charge in [-0.25, -0.2) is 0 Å². The number of aryl methyl sites for hydroxylation is 1. The van der Waals surface area contributed by atoms with Crippen LogP contribution in [0.25, 0.3) is 0 Å². The fraction of sp³-hybridized carbons (Fsp3) is 0.300. The van der Waals surface area contributed by atoms with E-state index >= 15 is 0 Å². The zero-order chi connectivity index (χ0) is 10.6. The van der Waals surface area contributed by atoms with Crippen LogP contribution in [0, 0.1) is 6.92 Å². The molecule has 0 aliphatic carbocycles. The van der Waals surface area contributed by atoms with E-state index in [-0.39, 0.29) is 5.91 Å². The van der Waals surface area contributed by atoms with Crippen molar-refractivity contribution < 1.29 is 4.79 Å². The normalized spacial score (nSPS) is 9.93. The molecule has 76 valence electrons. The number of carbonyl (C=O) groups is 1. The summed E-state index contributed by atoms with van der Waals surface area (Å²) in [4.78, 5) is 11.6. The zero-order valence-electron chi connectivity index (χ0n) is 7.81. The molecule has 0 saturated carbocycles. The smallest absolute Gasteiger partial charge is 0.251 e. The molecule has 0 saturated heterocycles. The van der Waals surface area contributed by atoms with Gasteiger partial charge in [-0.1, -0.05) is 27.5 Å². The van der Waals surface area contributed by atoms with Crippen LogP contribution < -0.4 is 5.32 Å². The van der Waals surface area contributed by atoms with E-state index < -0.39 is 0 Å². The van der Waals surface area contributed by atoms with Crippen molar-refractivity contribution >= 4 is 33.4 Å². The Morgan fingerprint density at radius 2 is 2.29 bits per heavy atom. The molecular weight excluding hydrogens is 265 g/mol. The monoisotopic (exact) mass is 275 g/mol. The second-order valence-corrected chi connectivity index (χ2v) is 4.13. The molecular formula is C10H11BrClNO. The molecule has 0 aliphatic heterocycles. The summed E-state index contributed by atoms with van der Waals surface area (Å²) in [5, 5.41) is 4.19. The van der Waals surface area contributed by atoms with Crippen LogP contribution in [0.3, 0.4) is 0 Å². The highest BCUT2D eigenvalue weighted by Crippen LogP contribution is 2.14. The van der Waals surface area contributed by atoms with Crippen molar-refractivity contribution in [2.75, 3.05) is 11.9 Å². The lowest BCUT2D eigenvalue weighted by molar-refractivity contribution is 0.0955. The van der Waals surface area contributed by atoms with Gasteiger partial charge in [-0.15, -0.1) is 0 Å². The Labute approximate surface area is 96.8 Å². The summed E-state index contributed by atoms with van der Waals surface area (Å²) in [5.41, 5.74) is 1.57. The van der Waals surface area contributed by atoms with Crippen molar-refractivity contribution in [3.8, 4) is 0 Å². The minimum atomic E-state index is -0.0568. The molecule has 0 bridgehead atoms. The Kier molecular flexibility index (Phi) is 4.42. The highest BCUT2D eigenvalue weighted by Gasteiger charge is 2.07. The fourth-order valence-corrected chi connectivity index (χ4v) is 1.56. The Morgan fingerprint density at radius 1 is 1.57 bits per heavy atom. The van der Waals surface area contributed by atoms with Crippen molar-refractivity contribution in [3.05, 3.63) is 34.3 Å². The molecule has 14 heavy (non-hydrogen) atoms. The summed E-state index contributed by atoms with van der Waals surface area (Å²) in [5.74, 6) is -0.0568. The third-order valence-electron chi connectivity index (χ3n) is 1.81. The topological polar surface area (TPSA) is 29.1 Å². The first-order valence-corrected chi connectivity index (χ1v) is 5.75. The van der Waals surface area contributed by atoms with Gasteiger partial charge in [0.1, 0.15) is 0 Å². The number of nitrogens with one attached hydrogen (secondary N) is 1. The maximum Gasteiger partial charge on any atom is 0.251 e. The number of carbonyl (C=O) groups excluding carboxylic acids is 1. The Morgan fingerprint density at radius 3 is 2.86 bits per heavy atom. The maximum absolute atomic E-state index is 11.6. The highest BCUT2D eigenvalue weighted by molar-refractivity contribution is 9.09. The molecule has 2 nitrogen and oxygen atoms in total. The van der Waals surface area contributed by atoms with Crippen molar-refractivity contribution in [1.29, 1.82) is 0 Å². The SMILES string of the molecule is Cc1cc(Cl)ccc1C(=O)NCCBr. The lowest BCUT2D eigenvalue weighted by Crippen LogP contribution is -2.25. The molecule has 0 fully saturated rings. The van der Waals surface area contributed by atoms with Crippen LogP contribution in [0.2, 0.25) is 5.02 Å². The number of alkyl halides is 1. The summed E-state index contributed by atoms with van der Waals surface area (Å²) in [6.45, 7) is 2.50. The average molecular weight is 277 g/mol. The first-order valence-electron chi connectivity index (χ1n) is 4.25. The summed E-state index contributed by atoms with van der Waals surface area (Å²) < 4.78 is 0. The van der Waals surface area contributed by atoms with Crippen molar-refractivity contribution in [1.82, 2.24) is 5.32 Å². The molecule has 0 spiro atoms. The van der Waals surface area contributed by atoms with Crippen LogP contribution in [0.4, 0.5) is 0 Å². The highest BCUT2D eigenvalue weighted by atomic mass is 79.9. The molecule has 0 heterocycles. The summed E-state index contributed by atoms with van der Waals surface area (Å²) in [6.07, 6.45) is 0. The third kappa shape index (κ3) is 3.00. The Bertz CT molecular complexity index is 341. The lowest BCUT2D eigenvalue weighted by Gasteiger charge is -2.06. The predicted molar refractivity (Wildman–Crippen MR) is 62.3 cm³/mol. The number of hydrogen-bond donors (Lipinski definition) is 1. The van der Waals surface area contributed by atoms with E-state index in [9.17, 15) is 4.79 Å². The Hall–Kier alpha value is -0.540. The van der Waals surface area contributed by atoms with Crippen molar-refractivity contribution in [2.45, 2.75) is 6.92 Å². The minimum Gasteiger partial charge on any atom is -0.351 e. The first kappa shape index (κ1) is 11.5. The van der Waals surface area contributed by atoms with E-state index in [0.717, 1.165) is 10.9 Å². The fourth-order valence-electron chi connectivity index (χ4n) is 1.14. The molecule has 0 radical (unpaired) electrons. The number of hydrogen-bond acceptors (Lipinski definition) is 1. The molecule has 1 amide bonds. The molecule has 1 aromatic rings. The second-order valence-electron chi connectivity index (χ2n) is 2.90. The van der Waals surface area contributed by atoms with Crippen LogP contribution in [0.5, 0.6) is 0 Å². The second kappa shape index (κ2) is 5.37.